The molecule has 1 atom stereocenters. The van der Waals surface area contributed by atoms with Gasteiger partial charge >= 0.3 is 12.0 Å². The minimum Gasteiger partial charge on any atom is -0.462 e. The molecule has 136 valence electrons. The number of urea groups is 1. The number of carbonyl (C=O) groups is 4. The molecule has 0 spiro atoms. The first kappa shape index (κ1) is 18.7. The number of hydrogen-bond donors (Lipinski definition) is 2. The van der Waals surface area contributed by atoms with Crippen LogP contribution < -0.4 is 5.32 Å². The third kappa shape index (κ3) is 3.42. The highest BCUT2D eigenvalue weighted by atomic mass is 16.5. The molecule has 1 unspecified atom stereocenters. The molecule has 2 N–H and O–H groups in total. The van der Waals surface area contributed by atoms with Gasteiger partial charge in [0.2, 0.25) is 0 Å². The van der Waals surface area contributed by atoms with E-state index >= 15 is 0 Å². The third-order valence-electron chi connectivity index (χ3n) is 4.22. The summed E-state index contributed by atoms with van der Waals surface area (Å²) in [5.74, 6) is -1.44. The summed E-state index contributed by atoms with van der Waals surface area (Å²) in [4.78, 5) is 52.6. The van der Waals surface area contributed by atoms with Crippen molar-refractivity contribution in [2.75, 3.05) is 13.2 Å². The number of ketones is 1. The van der Waals surface area contributed by atoms with Crippen molar-refractivity contribution in [2.24, 2.45) is 5.92 Å². The Morgan fingerprint density at radius 1 is 1.24 bits per heavy atom. The molecule has 0 bridgehead atoms. The van der Waals surface area contributed by atoms with Crippen molar-refractivity contribution < 1.29 is 23.9 Å². The second-order valence-electron chi connectivity index (χ2n) is 6.36. The largest absolute Gasteiger partial charge is 0.462 e. The minimum absolute atomic E-state index is 0.0681. The Morgan fingerprint density at radius 3 is 2.40 bits per heavy atom. The quantitative estimate of drug-likeness (QED) is 0.460. The van der Waals surface area contributed by atoms with E-state index < -0.39 is 29.7 Å². The Morgan fingerprint density at radius 2 is 1.88 bits per heavy atom. The fourth-order valence-corrected chi connectivity index (χ4v) is 2.90. The number of H-pyrrole nitrogens is 1. The topological polar surface area (TPSA) is 109 Å². The van der Waals surface area contributed by atoms with Gasteiger partial charge in [0, 0.05) is 5.69 Å². The summed E-state index contributed by atoms with van der Waals surface area (Å²) in [6.07, 6.45) is 0. The first-order valence-corrected chi connectivity index (χ1v) is 8.20. The van der Waals surface area contributed by atoms with Gasteiger partial charge < -0.3 is 15.0 Å². The van der Waals surface area contributed by atoms with Gasteiger partial charge in [0.15, 0.2) is 5.78 Å². The van der Waals surface area contributed by atoms with Crippen LogP contribution in [-0.2, 0) is 9.53 Å². The Hall–Kier alpha value is -2.64. The van der Waals surface area contributed by atoms with Gasteiger partial charge in [-0.25, -0.2) is 9.59 Å². The van der Waals surface area contributed by atoms with Gasteiger partial charge in [-0.05, 0) is 32.3 Å². The summed E-state index contributed by atoms with van der Waals surface area (Å²) in [6.45, 7) is 8.48. The standard InChI is InChI=1S/C17H23N3O5/c1-6-25-16(23)12-9(4)14(18-10(12)5)11(21)7-20-15(22)13(8(2)3)19-17(20)24/h8,13,18H,6-7H2,1-5H3,(H,19,24). The smallest absolute Gasteiger partial charge is 0.340 e. The fourth-order valence-electron chi connectivity index (χ4n) is 2.90. The first-order valence-electron chi connectivity index (χ1n) is 8.20. The maximum atomic E-state index is 12.6. The molecule has 0 radical (unpaired) electrons. The van der Waals surface area contributed by atoms with E-state index in [0.29, 0.717) is 16.8 Å². The second-order valence-corrected chi connectivity index (χ2v) is 6.36. The number of hydrogen-bond acceptors (Lipinski definition) is 5. The molecule has 1 saturated heterocycles. The summed E-state index contributed by atoms with van der Waals surface area (Å²) in [7, 11) is 0. The number of esters is 1. The van der Waals surface area contributed by atoms with Crippen molar-refractivity contribution in [1.29, 1.82) is 0 Å². The Labute approximate surface area is 145 Å². The highest BCUT2D eigenvalue weighted by molar-refractivity contribution is 6.10. The van der Waals surface area contributed by atoms with Crippen molar-refractivity contribution in [1.82, 2.24) is 15.2 Å². The molecule has 8 nitrogen and oxygen atoms in total. The van der Waals surface area contributed by atoms with Crippen LogP contribution >= 0.6 is 0 Å². The Balaban J connectivity index is 2.22. The molecule has 0 saturated carbocycles. The van der Waals surface area contributed by atoms with E-state index in [2.05, 4.69) is 10.3 Å². The van der Waals surface area contributed by atoms with Gasteiger partial charge in [-0.2, -0.15) is 0 Å². The van der Waals surface area contributed by atoms with Crippen LogP contribution in [0.25, 0.3) is 0 Å². The zero-order valence-electron chi connectivity index (χ0n) is 15.1. The molecule has 8 heteroatoms. The van der Waals surface area contributed by atoms with Crippen molar-refractivity contribution in [3.05, 3.63) is 22.5 Å². The minimum atomic E-state index is -0.623. The van der Waals surface area contributed by atoms with E-state index in [-0.39, 0.29) is 24.8 Å². The normalized spacial score (nSPS) is 17.2. The average Bonchev–Trinajstić information content (AvgIpc) is 2.98. The van der Waals surface area contributed by atoms with Gasteiger partial charge in [0.25, 0.3) is 5.91 Å². The number of ether oxygens (including phenoxy) is 1. The lowest BCUT2D eigenvalue weighted by Gasteiger charge is -2.13. The third-order valence-corrected chi connectivity index (χ3v) is 4.22. The molecule has 1 fully saturated rings. The molecule has 1 aliphatic rings. The lowest BCUT2D eigenvalue weighted by atomic mass is 10.0. The van der Waals surface area contributed by atoms with Crippen LogP contribution in [0.5, 0.6) is 0 Å². The predicted molar refractivity (Wildman–Crippen MR) is 89.4 cm³/mol. The highest BCUT2D eigenvalue weighted by Gasteiger charge is 2.40. The van der Waals surface area contributed by atoms with E-state index in [0.717, 1.165) is 4.90 Å². The number of nitrogens with one attached hydrogen (secondary N) is 2. The van der Waals surface area contributed by atoms with Gasteiger partial charge in [0.1, 0.15) is 6.04 Å². The van der Waals surface area contributed by atoms with E-state index in [4.69, 9.17) is 4.74 Å². The van der Waals surface area contributed by atoms with Crippen LogP contribution in [0.3, 0.4) is 0 Å². The lowest BCUT2D eigenvalue weighted by molar-refractivity contribution is -0.128. The summed E-state index contributed by atoms with van der Waals surface area (Å²) >= 11 is 0. The summed E-state index contributed by atoms with van der Waals surface area (Å²) in [6, 6.07) is -1.20. The first-order chi connectivity index (χ1) is 11.7. The number of rotatable bonds is 6. The monoisotopic (exact) mass is 349 g/mol. The molecule has 0 aromatic carbocycles. The van der Waals surface area contributed by atoms with Crippen LogP contribution in [0, 0.1) is 19.8 Å². The second kappa shape index (κ2) is 7.08. The van der Waals surface area contributed by atoms with E-state index in [9.17, 15) is 19.2 Å². The number of aryl methyl sites for hydroxylation is 1. The number of imide groups is 1. The molecule has 1 aromatic heterocycles. The molecule has 1 aliphatic heterocycles. The molecule has 0 aliphatic carbocycles. The lowest BCUT2D eigenvalue weighted by Crippen LogP contribution is -2.37. The van der Waals surface area contributed by atoms with Crippen LogP contribution in [0.2, 0.25) is 0 Å². The average molecular weight is 349 g/mol. The molecule has 3 amide bonds. The molecule has 25 heavy (non-hydrogen) atoms. The number of aromatic nitrogens is 1. The molecule has 1 aromatic rings. The highest BCUT2D eigenvalue weighted by Crippen LogP contribution is 2.21. The summed E-state index contributed by atoms with van der Waals surface area (Å²) in [5, 5.41) is 2.58. The number of amides is 3. The zero-order valence-corrected chi connectivity index (χ0v) is 15.1. The number of carbonyl (C=O) groups excluding carboxylic acids is 4. The Bertz CT molecular complexity index is 735. The van der Waals surface area contributed by atoms with E-state index in [1.54, 1.807) is 20.8 Å². The van der Waals surface area contributed by atoms with Crippen LogP contribution in [0.1, 0.15) is 52.9 Å². The summed E-state index contributed by atoms with van der Waals surface area (Å²) < 4.78 is 4.99. The SMILES string of the molecule is CCOC(=O)c1c(C)[nH]c(C(=O)CN2C(=O)NC(C(C)C)C2=O)c1C. The van der Waals surface area contributed by atoms with Crippen LogP contribution in [0.15, 0.2) is 0 Å². The molecular weight excluding hydrogens is 326 g/mol. The van der Waals surface area contributed by atoms with Gasteiger partial charge in [-0.3, -0.25) is 14.5 Å². The number of nitrogens with zero attached hydrogens (tertiary/aromatic N) is 1. The van der Waals surface area contributed by atoms with Gasteiger partial charge in [-0.15, -0.1) is 0 Å². The Kier molecular flexibility index (Phi) is 5.30. The van der Waals surface area contributed by atoms with Gasteiger partial charge in [0.05, 0.1) is 24.4 Å². The van der Waals surface area contributed by atoms with Crippen molar-refractivity contribution >= 4 is 23.7 Å². The van der Waals surface area contributed by atoms with E-state index in [1.165, 1.54) is 0 Å². The molecule has 2 heterocycles. The van der Waals surface area contributed by atoms with Crippen molar-refractivity contribution in [2.45, 2.75) is 40.7 Å². The maximum absolute atomic E-state index is 12.6. The molecular formula is C17H23N3O5. The summed E-state index contributed by atoms with van der Waals surface area (Å²) in [5.41, 5.74) is 1.47. The fraction of sp³-hybridized carbons (Fsp3) is 0.529. The van der Waals surface area contributed by atoms with Crippen LogP contribution in [-0.4, -0.2) is 52.8 Å². The number of aromatic amines is 1. The maximum Gasteiger partial charge on any atom is 0.340 e. The molecule has 2 rings (SSSR count). The zero-order chi connectivity index (χ0) is 18.9. The van der Waals surface area contributed by atoms with Crippen molar-refractivity contribution in [3.8, 4) is 0 Å². The number of Topliss-reactive ketones (excluding diaryl/α,β-unsaturated/α-hetero) is 1. The van der Waals surface area contributed by atoms with Crippen LogP contribution in [0.4, 0.5) is 4.79 Å². The van der Waals surface area contributed by atoms with E-state index in [1.807, 2.05) is 13.8 Å². The predicted octanol–water partition coefficient (Wildman–Crippen LogP) is 1.57. The van der Waals surface area contributed by atoms with Crippen molar-refractivity contribution in [3.63, 3.8) is 0 Å². The van der Waals surface area contributed by atoms with Gasteiger partial charge in [-0.1, -0.05) is 13.8 Å².